The van der Waals surface area contributed by atoms with Crippen molar-refractivity contribution in [1.29, 1.82) is 5.26 Å². The number of unbranched alkanes of at least 4 members (excludes halogenated alkanes) is 1. The van der Waals surface area contributed by atoms with Crippen molar-refractivity contribution in [1.82, 2.24) is 19.4 Å². The maximum absolute atomic E-state index is 14.2. The van der Waals surface area contributed by atoms with Crippen molar-refractivity contribution in [2.45, 2.75) is 70.6 Å². The van der Waals surface area contributed by atoms with E-state index in [2.05, 4.69) is 15.6 Å². The zero-order valence-electron chi connectivity index (χ0n) is 21.9. The van der Waals surface area contributed by atoms with Crippen molar-refractivity contribution < 1.29 is 14.3 Å². The standard InChI is InChI=1S/C28H31ClN6O3/c1-27(2,3)38-26(37)33-14-9-28(10-15-33)20-8-12-31-17-23(20)35(25(28)36)18-24-32-21-16-19(29)6-7-22(21)34(24)13-5-4-11-30/h6-8,12,16-17H,4-5,9-10,13-15,18H2,1-3H3. The molecule has 0 aliphatic carbocycles. The quantitative estimate of drug-likeness (QED) is 0.416. The molecule has 2 aromatic heterocycles. The van der Waals surface area contributed by atoms with E-state index in [-0.39, 0.29) is 18.5 Å². The zero-order valence-corrected chi connectivity index (χ0v) is 22.7. The van der Waals surface area contributed by atoms with Crippen molar-refractivity contribution in [3.8, 4) is 6.07 Å². The minimum absolute atomic E-state index is 0.00185. The monoisotopic (exact) mass is 534 g/mol. The van der Waals surface area contributed by atoms with E-state index < -0.39 is 11.0 Å². The summed E-state index contributed by atoms with van der Waals surface area (Å²) in [7, 11) is 0. The number of pyridine rings is 1. The second-order valence-corrected chi connectivity index (χ2v) is 11.3. The Labute approximate surface area is 227 Å². The number of likely N-dealkylation sites (tertiary alicyclic amines) is 1. The molecular formula is C28H31ClN6O3. The van der Waals surface area contributed by atoms with Gasteiger partial charge in [-0.1, -0.05) is 11.6 Å². The summed E-state index contributed by atoms with van der Waals surface area (Å²) in [5, 5.41) is 9.64. The number of piperidine rings is 1. The van der Waals surface area contributed by atoms with Gasteiger partial charge in [0.15, 0.2) is 0 Å². The van der Waals surface area contributed by atoms with Gasteiger partial charge in [0, 0.05) is 37.3 Å². The van der Waals surface area contributed by atoms with E-state index in [9.17, 15) is 9.59 Å². The van der Waals surface area contributed by atoms with E-state index in [1.54, 1.807) is 22.2 Å². The minimum atomic E-state index is -0.724. The Bertz CT molecular complexity index is 1430. The van der Waals surface area contributed by atoms with E-state index >= 15 is 0 Å². The molecule has 1 saturated heterocycles. The number of fused-ring (bicyclic) bond motifs is 3. The lowest BCUT2D eigenvalue weighted by Crippen LogP contribution is -2.51. The molecule has 1 spiro atoms. The summed E-state index contributed by atoms with van der Waals surface area (Å²) < 4.78 is 7.63. The van der Waals surface area contributed by atoms with Gasteiger partial charge in [-0.05, 0) is 69.9 Å². The van der Waals surface area contributed by atoms with Crippen LogP contribution in [-0.4, -0.2) is 50.1 Å². The molecule has 2 aliphatic heterocycles. The molecule has 1 aromatic carbocycles. The Kier molecular flexibility index (Phi) is 6.78. The number of carbonyl (C=O) groups is 2. The zero-order chi connectivity index (χ0) is 27.1. The predicted octanol–water partition coefficient (Wildman–Crippen LogP) is 5.20. The fourth-order valence-electron chi connectivity index (χ4n) is 5.51. The highest BCUT2D eigenvalue weighted by Crippen LogP contribution is 2.48. The average molecular weight is 535 g/mol. The van der Waals surface area contributed by atoms with Crippen LogP contribution in [-0.2, 0) is 28.0 Å². The fourth-order valence-corrected chi connectivity index (χ4v) is 5.67. The van der Waals surface area contributed by atoms with Crippen LogP contribution in [0.5, 0.6) is 0 Å². The first kappa shape index (κ1) is 26.0. The largest absolute Gasteiger partial charge is 0.444 e. The van der Waals surface area contributed by atoms with Crippen molar-refractivity contribution in [3.63, 3.8) is 0 Å². The molecule has 0 unspecified atom stereocenters. The SMILES string of the molecule is CC(C)(C)OC(=O)N1CCC2(CC1)C(=O)N(Cc1nc3cc(Cl)ccc3n1CCCC#N)c1cnccc12. The lowest BCUT2D eigenvalue weighted by Gasteiger charge is -2.38. The molecule has 0 atom stereocenters. The molecule has 3 aromatic rings. The van der Waals surface area contributed by atoms with Gasteiger partial charge in [-0.2, -0.15) is 5.26 Å². The van der Waals surface area contributed by atoms with E-state index in [0.717, 1.165) is 28.1 Å². The van der Waals surface area contributed by atoms with Crippen LogP contribution in [0.1, 0.15) is 57.8 Å². The highest BCUT2D eigenvalue weighted by atomic mass is 35.5. The minimum Gasteiger partial charge on any atom is -0.444 e. The van der Waals surface area contributed by atoms with Gasteiger partial charge in [0.1, 0.15) is 11.4 Å². The molecule has 0 N–H and O–H groups in total. The smallest absolute Gasteiger partial charge is 0.410 e. The third-order valence-corrected chi connectivity index (χ3v) is 7.52. The summed E-state index contributed by atoms with van der Waals surface area (Å²) in [6, 6.07) is 9.69. The van der Waals surface area contributed by atoms with Gasteiger partial charge in [0.25, 0.3) is 0 Å². The van der Waals surface area contributed by atoms with Crippen molar-refractivity contribution in [2.24, 2.45) is 0 Å². The third-order valence-electron chi connectivity index (χ3n) is 7.29. The molecule has 0 radical (unpaired) electrons. The van der Waals surface area contributed by atoms with Gasteiger partial charge in [-0.3, -0.25) is 9.78 Å². The lowest BCUT2D eigenvalue weighted by atomic mass is 9.74. The highest BCUT2D eigenvalue weighted by Gasteiger charge is 2.53. The number of nitriles is 1. The van der Waals surface area contributed by atoms with Crippen LogP contribution in [0.15, 0.2) is 36.7 Å². The molecule has 5 rings (SSSR count). The summed E-state index contributed by atoms with van der Waals surface area (Å²) in [5.74, 6) is 0.726. The predicted molar refractivity (Wildman–Crippen MR) is 144 cm³/mol. The number of imidazole rings is 1. The van der Waals surface area contributed by atoms with Crippen LogP contribution in [0.3, 0.4) is 0 Å². The number of rotatable bonds is 5. The number of aryl methyl sites for hydroxylation is 1. The number of benzene rings is 1. The molecule has 2 amide bonds. The van der Waals surface area contributed by atoms with Crippen molar-refractivity contribution in [2.75, 3.05) is 18.0 Å². The van der Waals surface area contributed by atoms with Crippen LogP contribution >= 0.6 is 11.6 Å². The fraction of sp³-hybridized carbons (Fsp3) is 0.464. The molecule has 1 fully saturated rings. The maximum Gasteiger partial charge on any atom is 0.410 e. The Morgan fingerprint density at radius 1 is 1.24 bits per heavy atom. The second-order valence-electron chi connectivity index (χ2n) is 10.9. The number of halogens is 1. The number of hydrogen-bond donors (Lipinski definition) is 0. The first-order valence-electron chi connectivity index (χ1n) is 12.9. The molecule has 9 nitrogen and oxygen atoms in total. The van der Waals surface area contributed by atoms with Crippen molar-refractivity contribution in [3.05, 3.63) is 53.1 Å². The van der Waals surface area contributed by atoms with Gasteiger partial charge in [0.2, 0.25) is 5.91 Å². The van der Waals surface area contributed by atoms with Crippen LogP contribution in [0.2, 0.25) is 5.02 Å². The summed E-state index contributed by atoms with van der Waals surface area (Å²) in [6.07, 6.45) is 5.22. The van der Waals surface area contributed by atoms with Gasteiger partial charge in [-0.25, -0.2) is 9.78 Å². The number of amides is 2. The Balaban J connectivity index is 1.44. The number of anilines is 1. The Hall–Kier alpha value is -3.64. The number of hydrogen-bond acceptors (Lipinski definition) is 6. The average Bonchev–Trinajstić information content (AvgIpc) is 3.32. The lowest BCUT2D eigenvalue weighted by molar-refractivity contribution is -0.125. The maximum atomic E-state index is 14.2. The molecule has 4 heterocycles. The third kappa shape index (κ3) is 4.69. The first-order valence-corrected chi connectivity index (χ1v) is 13.3. The second kappa shape index (κ2) is 9.91. The molecule has 0 bridgehead atoms. The van der Waals surface area contributed by atoms with Gasteiger partial charge in [0.05, 0.1) is 40.9 Å². The van der Waals surface area contributed by atoms with E-state index in [4.69, 9.17) is 26.6 Å². The van der Waals surface area contributed by atoms with Crippen LogP contribution in [0.4, 0.5) is 10.5 Å². The first-order chi connectivity index (χ1) is 18.1. The molecule has 198 valence electrons. The van der Waals surface area contributed by atoms with E-state index in [1.807, 2.05) is 45.0 Å². The van der Waals surface area contributed by atoms with Gasteiger partial charge in [-0.15, -0.1) is 0 Å². The molecular weight excluding hydrogens is 504 g/mol. The summed E-state index contributed by atoms with van der Waals surface area (Å²) >= 11 is 6.23. The van der Waals surface area contributed by atoms with Crippen LogP contribution in [0.25, 0.3) is 11.0 Å². The van der Waals surface area contributed by atoms with Crippen LogP contribution < -0.4 is 4.90 Å². The summed E-state index contributed by atoms with van der Waals surface area (Å²) in [6.45, 7) is 7.29. The Morgan fingerprint density at radius 2 is 2.00 bits per heavy atom. The highest BCUT2D eigenvalue weighted by molar-refractivity contribution is 6.31. The molecule has 2 aliphatic rings. The van der Waals surface area contributed by atoms with E-state index in [1.165, 1.54) is 0 Å². The van der Waals surface area contributed by atoms with Gasteiger partial charge >= 0.3 is 6.09 Å². The van der Waals surface area contributed by atoms with Crippen LogP contribution in [0, 0.1) is 11.3 Å². The van der Waals surface area contributed by atoms with E-state index in [0.29, 0.717) is 50.3 Å². The summed E-state index contributed by atoms with van der Waals surface area (Å²) in [4.78, 5) is 39.4. The van der Waals surface area contributed by atoms with Crippen molar-refractivity contribution >= 4 is 40.3 Å². The number of aromatic nitrogens is 3. The number of nitrogens with zero attached hydrogens (tertiary/aromatic N) is 6. The Morgan fingerprint density at radius 3 is 2.71 bits per heavy atom. The topological polar surface area (TPSA) is 104 Å². The normalized spacial score (nSPS) is 16.7. The molecule has 38 heavy (non-hydrogen) atoms. The number of carbonyl (C=O) groups excluding carboxylic acids is 2. The van der Waals surface area contributed by atoms with Gasteiger partial charge < -0.3 is 19.1 Å². The number of ether oxygens (including phenoxy) is 1. The summed E-state index contributed by atoms with van der Waals surface area (Å²) in [5.41, 5.74) is 2.09. The molecule has 10 heteroatoms. The molecule has 0 saturated carbocycles.